The first-order valence-corrected chi connectivity index (χ1v) is 7.12. The number of rotatable bonds is 6. The van der Waals surface area contributed by atoms with Gasteiger partial charge in [0, 0.05) is 19.3 Å². The highest BCUT2D eigenvalue weighted by atomic mass is 32.2. The Balaban J connectivity index is 2.58. The molecule has 1 aromatic rings. The van der Waals surface area contributed by atoms with Gasteiger partial charge >= 0.3 is 0 Å². The molecule has 17 heavy (non-hydrogen) atoms. The number of hydrogen-bond donors (Lipinski definition) is 2. The Hall–Kier alpha value is -1.16. The number of para-hydroxylation sites is 1. The fourth-order valence-electron chi connectivity index (χ4n) is 1.60. The highest BCUT2D eigenvalue weighted by Gasteiger charge is 2.10. The van der Waals surface area contributed by atoms with Gasteiger partial charge in [0.15, 0.2) is 0 Å². The number of nitrogens with one attached hydrogen (secondary N) is 2. The van der Waals surface area contributed by atoms with Gasteiger partial charge in [0.1, 0.15) is 0 Å². The molecule has 0 saturated heterocycles. The van der Waals surface area contributed by atoms with E-state index in [0.29, 0.717) is 11.5 Å². The summed E-state index contributed by atoms with van der Waals surface area (Å²) in [5.74, 6) is 1.55. The van der Waals surface area contributed by atoms with Crippen molar-refractivity contribution in [2.45, 2.75) is 6.92 Å². The van der Waals surface area contributed by atoms with Crippen LogP contribution in [0, 0.1) is 5.92 Å². The van der Waals surface area contributed by atoms with Crippen LogP contribution in [0.1, 0.15) is 17.3 Å². The zero-order valence-corrected chi connectivity index (χ0v) is 11.4. The van der Waals surface area contributed by atoms with Gasteiger partial charge < -0.3 is 10.6 Å². The van der Waals surface area contributed by atoms with Crippen molar-refractivity contribution in [1.29, 1.82) is 0 Å². The minimum Gasteiger partial charge on any atom is -0.387 e. The van der Waals surface area contributed by atoms with Gasteiger partial charge in [-0.2, -0.15) is 11.8 Å². The van der Waals surface area contributed by atoms with Crippen molar-refractivity contribution in [3.05, 3.63) is 29.8 Å². The molecule has 94 valence electrons. The lowest BCUT2D eigenvalue weighted by atomic mass is 10.1. The van der Waals surface area contributed by atoms with Crippen molar-refractivity contribution in [3.63, 3.8) is 0 Å². The summed E-state index contributed by atoms with van der Waals surface area (Å²) < 4.78 is 0. The van der Waals surface area contributed by atoms with Gasteiger partial charge in [-0.3, -0.25) is 4.79 Å². The van der Waals surface area contributed by atoms with E-state index in [9.17, 15) is 4.79 Å². The Bertz CT molecular complexity index is 368. The van der Waals surface area contributed by atoms with E-state index in [0.717, 1.165) is 18.0 Å². The summed E-state index contributed by atoms with van der Waals surface area (Å²) in [5, 5.41) is 5.99. The predicted octanol–water partition coefficient (Wildman–Crippen LogP) is 2.46. The smallest absolute Gasteiger partial charge is 0.253 e. The number of amides is 1. The Labute approximate surface area is 107 Å². The third kappa shape index (κ3) is 4.30. The number of carbonyl (C=O) groups is 1. The maximum Gasteiger partial charge on any atom is 0.253 e. The summed E-state index contributed by atoms with van der Waals surface area (Å²) in [7, 11) is 1.82. The Morgan fingerprint density at radius 1 is 1.41 bits per heavy atom. The van der Waals surface area contributed by atoms with Crippen LogP contribution in [-0.2, 0) is 0 Å². The molecule has 0 aliphatic heterocycles. The van der Waals surface area contributed by atoms with E-state index in [4.69, 9.17) is 0 Å². The van der Waals surface area contributed by atoms with E-state index in [1.165, 1.54) is 0 Å². The second-order valence-electron chi connectivity index (χ2n) is 4.07. The van der Waals surface area contributed by atoms with Gasteiger partial charge in [0.25, 0.3) is 5.91 Å². The van der Waals surface area contributed by atoms with E-state index in [1.54, 1.807) is 11.8 Å². The molecule has 1 rings (SSSR count). The molecule has 2 N–H and O–H groups in total. The molecule has 3 nitrogen and oxygen atoms in total. The number of carbonyl (C=O) groups excluding carboxylic acids is 1. The van der Waals surface area contributed by atoms with E-state index in [2.05, 4.69) is 23.8 Å². The molecular formula is C13H20N2OS. The Kier molecular flexibility index (Phi) is 5.91. The van der Waals surface area contributed by atoms with Crippen molar-refractivity contribution < 1.29 is 4.79 Å². The van der Waals surface area contributed by atoms with E-state index in [-0.39, 0.29) is 5.91 Å². The van der Waals surface area contributed by atoms with Crippen LogP contribution in [-0.4, -0.2) is 31.5 Å². The molecule has 0 radical (unpaired) electrons. The van der Waals surface area contributed by atoms with Gasteiger partial charge in [-0.05, 0) is 30.1 Å². The number of benzene rings is 1. The van der Waals surface area contributed by atoms with Crippen molar-refractivity contribution in [2.24, 2.45) is 5.92 Å². The lowest BCUT2D eigenvalue weighted by molar-refractivity contribution is 0.0950. The maximum atomic E-state index is 12.0. The average Bonchev–Trinajstić information content (AvgIpc) is 2.36. The van der Waals surface area contributed by atoms with Crippen molar-refractivity contribution >= 4 is 23.4 Å². The van der Waals surface area contributed by atoms with Crippen LogP contribution in [0.15, 0.2) is 24.3 Å². The SMILES string of the molecule is CNc1ccccc1C(=O)NCC(C)CSC. The molecule has 1 aromatic carbocycles. The highest BCUT2D eigenvalue weighted by molar-refractivity contribution is 7.98. The molecule has 0 fully saturated rings. The van der Waals surface area contributed by atoms with E-state index in [1.807, 2.05) is 31.3 Å². The second kappa shape index (κ2) is 7.22. The quantitative estimate of drug-likeness (QED) is 0.817. The second-order valence-corrected chi connectivity index (χ2v) is 4.98. The lowest BCUT2D eigenvalue weighted by Crippen LogP contribution is -2.29. The van der Waals surface area contributed by atoms with Crippen molar-refractivity contribution in [1.82, 2.24) is 5.32 Å². The van der Waals surface area contributed by atoms with Crippen LogP contribution in [0.25, 0.3) is 0 Å². The third-order valence-electron chi connectivity index (χ3n) is 2.50. The van der Waals surface area contributed by atoms with Crippen LogP contribution in [0.2, 0.25) is 0 Å². The van der Waals surface area contributed by atoms with Gasteiger partial charge in [-0.15, -0.1) is 0 Å². The normalized spacial score (nSPS) is 11.9. The van der Waals surface area contributed by atoms with Crippen LogP contribution >= 0.6 is 11.8 Å². The van der Waals surface area contributed by atoms with E-state index >= 15 is 0 Å². The first-order valence-electron chi connectivity index (χ1n) is 5.73. The zero-order valence-electron chi connectivity index (χ0n) is 10.6. The summed E-state index contributed by atoms with van der Waals surface area (Å²) in [6.07, 6.45) is 2.08. The minimum atomic E-state index is -0.0112. The Morgan fingerprint density at radius 3 is 2.76 bits per heavy atom. The van der Waals surface area contributed by atoms with E-state index < -0.39 is 0 Å². The largest absolute Gasteiger partial charge is 0.387 e. The topological polar surface area (TPSA) is 41.1 Å². The molecule has 0 heterocycles. The molecule has 4 heteroatoms. The van der Waals surface area contributed by atoms with Gasteiger partial charge in [-0.25, -0.2) is 0 Å². The van der Waals surface area contributed by atoms with Gasteiger partial charge in [0.05, 0.1) is 5.56 Å². The van der Waals surface area contributed by atoms with Crippen molar-refractivity contribution in [3.8, 4) is 0 Å². The van der Waals surface area contributed by atoms with Crippen LogP contribution in [0.3, 0.4) is 0 Å². The maximum absolute atomic E-state index is 12.0. The first-order chi connectivity index (χ1) is 8.19. The Morgan fingerprint density at radius 2 is 2.12 bits per heavy atom. The monoisotopic (exact) mass is 252 g/mol. The molecule has 0 aliphatic rings. The number of thioether (sulfide) groups is 1. The molecule has 0 bridgehead atoms. The molecule has 0 aromatic heterocycles. The molecule has 1 unspecified atom stereocenters. The molecule has 0 saturated carbocycles. The average molecular weight is 252 g/mol. The summed E-state index contributed by atoms with van der Waals surface area (Å²) >= 11 is 1.80. The van der Waals surface area contributed by atoms with Crippen LogP contribution in [0.4, 0.5) is 5.69 Å². The zero-order chi connectivity index (χ0) is 12.7. The first kappa shape index (κ1) is 13.9. The molecule has 0 aliphatic carbocycles. The number of anilines is 1. The summed E-state index contributed by atoms with van der Waals surface area (Å²) in [6, 6.07) is 7.53. The fourth-order valence-corrected chi connectivity index (χ4v) is 2.29. The molecule has 0 spiro atoms. The van der Waals surface area contributed by atoms with Gasteiger partial charge in [0.2, 0.25) is 0 Å². The molecule has 1 atom stereocenters. The van der Waals surface area contributed by atoms with Gasteiger partial charge in [-0.1, -0.05) is 19.1 Å². The fraction of sp³-hybridized carbons (Fsp3) is 0.462. The predicted molar refractivity (Wildman–Crippen MR) is 75.9 cm³/mol. The summed E-state index contributed by atoms with van der Waals surface area (Å²) in [5.41, 5.74) is 1.56. The highest BCUT2D eigenvalue weighted by Crippen LogP contribution is 2.14. The third-order valence-corrected chi connectivity index (χ3v) is 3.41. The molecular weight excluding hydrogens is 232 g/mol. The van der Waals surface area contributed by atoms with Crippen LogP contribution in [0.5, 0.6) is 0 Å². The van der Waals surface area contributed by atoms with Crippen LogP contribution < -0.4 is 10.6 Å². The standard InChI is InChI=1S/C13H20N2OS/c1-10(9-17-3)8-15-13(16)11-6-4-5-7-12(11)14-2/h4-7,10,14H,8-9H2,1-3H3,(H,15,16). The minimum absolute atomic E-state index is 0.0112. The van der Waals surface area contributed by atoms with Crippen molar-refractivity contribution in [2.75, 3.05) is 30.9 Å². The summed E-state index contributed by atoms with van der Waals surface area (Å²) in [4.78, 5) is 12.0. The number of hydrogen-bond acceptors (Lipinski definition) is 3. The lowest BCUT2D eigenvalue weighted by Gasteiger charge is -2.13. The summed E-state index contributed by atoms with van der Waals surface area (Å²) in [6.45, 7) is 2.86. The molecule has 1 amide bonds.